The number of benzene rings is 1. The topological polar surface area (TPSA) is 24.9 Å². The van der Waals surface area contributed by atoms with Gasteiger partial charge in [0.25, 0.3) is 0 Å². The molecule has 1 heterocycles. The zero-order chi connectivity index (χ0) is 13.1. The Morgan fingerprint density at radius 2 is 2.32 bits per heavy atom. The van der Waals surface area contributed by atoms with Crippen LogP contribution in [0.25, 0.3) is 0 Å². The van der Waals surface area contributed by atoms with E-state index in [1.54, 1.807) is 22.5 Å². The first kappa shape index (κ1) is 12.8. The standard InChI is InChI=1S/C16H20N2S/c1-17-15(16-10-19-11-18-16)9-13-7-4-6-12-5-2-3-8-14(12)13/h2-3,5,8,10-11,13,15,17H,4,6-7,9H2,1H3. The molecule has 2 unspecified atom stereocenters. The number of hydrogen-bond acceptors (Lipinski definition) is 3. The Hall–Kier alpha value is -1.19. The lowest BCUT2D eigenvalue weighted by Crippen LogP contribution is -2.21. The fourth-order valence-corrected chi connectivity index (χ4v) is 3.77. The second kappa shape index (κ2) is 5.85. The minimum atomic E-state index is 0.377. The summed E-state index contributed by atoms with van der Waals surface area (Å²) in [6.07, 6.45) is 5.01. The van der Waals surface area contributed by atoms with E-state index in [2.05, 4.69) is 39.9 Å². The van der Waals surface area contributed by atoms with Crippen LogP contribution in [0.15, 0.2) is 35.2 Å². The Morgan fingerprint density at radius 1 is 1.42 bits per heavy atom. The van der Waals surface area contributed by atoms with Crippen molar-refractivity contribution in [1.82, 2.24) is 10.3 Å². The summed E-state index contributed by atoms with van der Waals surface area (Å²) in [6, 6.07) is 9.32. The number of nitrogens with zero attached hydrogens (tertiary/aromatic N) is 1. The molecular weight excluding hydrogens is 252 g/mol. The van der Waals surface area contributed by atoms with Gasteiger partial charge in [-0.1, -0.05) is 24.3 Å². The van der Waals surface area contributed by atoms with E-state index >= 15 is 0 Å². The van der Waals surface area contributed by atoms with Gasteiger partial charge in [-0.15, -0.1) is 11.3 Å². The van der Waals surface area contributed by atoms with Crippen LogP contribution in [0.4, 0.5) is 0 Å². The van der Waals surface area contributed by atoms with Gasteiger partial charge >= 0.3 is 0 Å². The van der Waals surface area contributed by atoms with Crippen molar-refractivity contribution < 1.29 is 0 Å². The molecule has 0 aliphatic heterocycles. The molecule has 1 aliphatic rings. The minimum absolute atomic E-state index is 0.377. The SMILES string of the molecule is CNC(CC1CCCc2ccccc21)c1cscn1. The third-order valence-corrected chi connectivity index (χ3v) is 4.78. The minimum Gasteiger partial charge on any atom is -0.312 e. The number of rotatable bonds is 4. The van der Waals surface area contributed by atoms with E-state index in [4.69, 9.17) is 0 Å². The van der Waals surface area contributed by atoms with E-state index in [1.807, 2.05) is 12.6 Å². The molecule has 0 radical (unpaired) electrons. The van der Waals surface area contributed by atoms with Gasteiger partial charge in [0.15, 0.2) is 0 Å². The average Bonchev–Trinajstić information content (AvgIpc) is 2.99. The molecule has 0 saturated carbocycles. The van der Waals surface area contributed by atoms with E-state index < -0.39 is 0 Å². The Morgan fingerprint density at radius 3 is 3.11 bits per heavy atom. The normalized spacial score (nSPS) is 19.9. The molecule has 0 spiro atoms. The van der Waals surface area contributed by atoms with Gasteiger partial charge in [0.1, 0.15) is 0 Å². The number of aromatic nitrogens is 1. The van der Waals surface area contributed by atoms with E-state index in [1.165, 1.54) is 25.0 Å². The summed E-state index contributed by atoms with van der Waals surface area (Å²) in [5, 5.41) is 5.59. The van der Waals surface area contributed by atoms with Gasteiger partial charge < -0.3 is 5.32 Å². The monoisotopic (exact) mass is 272 g/mol. The van der Waals surface area contributed by atoms with Crippen LogP contribution < -0.4 is 5.32 Å². The summed E-state index contributed by atoms with van der Waals surface area (Å²) >= 11 is 1.68. The van der Waals surface area contributed by atoms with Crippen LogP contribution in [0, 0.1) is 0 Å². The Labute approximate surface area is 118 Å². The molecule has 1 N–H and O–H groups in total. The van der Waals surface area contributed by atoms with Crippen molar-refractivity contribution in [1.29, 1.82) is 0 Å². The van der Waals surface area contributed by atoms with Gasteiger partial charge in [0.05, 0.1) is 17.2 Å². The van der Waals surface area contributed by atoms with Crippen LogP contribution in [0.3, 0.4) is 0 Å². The summed E-state index contributed by atoms with van der Waals surface area (Å²) in [5.41, 5.74) is 6.22. The second-order valence-electron chi connectivity index (χ2n) is 5.28. The van der Waals surface area contributed by atoms with Crippen LogP contribution in [-0.4, -0.2) is 12.0 Å². The van der Waals surface area contributed by atoms with Gasteiger partial charge in [-0.05, 0) is 49.8 Å². The van der Waals surface area contributed by atoms with E-state index in [0.29, 0.717) is 12.0 Å². The molecule has 100 valence electrons. The lowest BCUT2D eigenvalue weighted by atomic mass is 9.79. The fourth-order valence-electron chi connectivity index (χ4n) is 3.16. The highest BCUT2D eigenvalue weighted by atomic mass is 32.1. The third kappa shape index (κ3) is 2.72. The molecule has 0 bridgehead atoms. The highest BCUT2D eigenvalue weighted by Gasteiger charge is 2.24. The summed E-state index contributed by atoms with van der Waals surface area (Å²) in [4.78, 5) is 4.46. The first-order chi connectivity index (χ1) is 9.38. The quantitative estimate of drug-likeness (QED) is 0.912. The predicted molar refractivity (Wildman–Crippen MR) is 80.7 cm³/mol. The Kier molecular flexibility index (Phi) is 3.95. The highest BCUT2D eigenvalue weighted by molar-refractivity contribution is 7.07. The second-order valence-corrected chi connectivity index (χ2v) is 6.00. The van der Waals surface area contributed by atoms with Crippen molar-refractivity contribution in [3.8, 4) is 0 Å². The lowest BCUT2D eigenvalue weighted by molar-refractivity contribution is 0.435. The summed E-state index contributed by atoms with van der Waals surface area (Å²) in [5.74, 6) is 0.670. The maximum atomic E-state index is 4.46. The Balaban J connectivity index is 1.80. The summed E-state index contributed by atoms with van der Waals surface area (Å²) in [6.45, 7) is 0. The van der Waals surface area contributed by atoms with Crippen LogP contribution in [0.2, 0.25) is 0 Å². The first-order valence-corrected chi connectivity index (χ1v) is 7.96. The largest absolute Gasteiger partial charge is 0.312 e. The lowest BCUT2D eigenvalue weighted by Gasteiger charge is -2.28. The van der Waals surface area contributed by atoms with Crippen molar-refractivity contribution >= 4 is 11.3 Å². The van der Waals surface area contributed by atoms with E-state index in [9.17, 15) is 0 Å². The van der Waals surface area contributed by atoms with Crippen molar-refractivity contribution in [2.75, 3.05) is 7.05 Å². The molecule has 2 nitrogen and oxygen atoms in total. The molecule has 1 aromatic heterocycles. The van der Waals surface area contributed by atoms with Gasteiger partial charge in [-0.25, -0.2) is 4.98 Å². The molecule has 3 rings (SSSR count). The van der Waals surface area contributed by atoms with Crippen LogP contribution in [-0.2, 0) is 6.42 Å². The molecule has 0 saturated heterocycles. The molecule has 2 aromatic rings. The predicted octanol–water partition coefficient (Wildman–Crippen LogP) is 3.91. The molecule has 1 aromatic carbocycles. The first-order valence-electron chi connectivity index (χ1n) is 7.01. The Bertz CT molecular complexity index is 521. The van der Waals surface area contributed by atoms with E-state index in [-0.39, 0.29) is 0 Å². The fraction of sp³-hybridized carbons (Fsp3) is 0.438. The number of fused-ring (bicyclic) bond motifs is 1. The molecular formula is C16H20N2S. The van der Waals surface area contributed by atoms with Gasteiger partial charge in [-0.2, -0.15) is 0 Å². The van der Waals surface area contributed by atoms with Crippen molar-refractivity contribution in [2.45, 2.75) is 37.6 Å². The highest BCUT2D eigenvalue weighted by Crippen LogP contribution is 2.37. The van der Waals surface area contributed by atoms with E-state index in [0.717, 1.165) is 6.42 Å². The zero-order valence-corrected chi connectivity index (χ0v) is 12.1. The van der Waals surface area contributed by atoms with Crippen LogP contribution in [0.5, 0.6) is 0 Å². The maximum absolute atomic E-state index is 4.46. The molecule has 1 aliphatic carbocycles. The summed E-state index contributed by atoms with van der Waals surface area (Å²) < 4.78 is 0. The third-order valence-electron chi connectivity index (χ3n) is 4.17. The van der Waals surface area contributed by atoms with Crippen molar-refractivity contribution in [3.05, 3.63) is 52.0 Å². The molecule has 0 amide bonds. The van der Waals surface area contributed by atoms with Gasteiger partial charge in [-0.3, -0.25) is 0 Å². The van der Waals surface area contributed by atoms with Crippen molar-refractivity contribution in [2.24, 2.45) is 0 Å². The number of hydrogen-bond donors (Lipinski definition) is 1. The summed E-state index contributed by atoms with van der Waals surface area (Å²) in [7, 11) is 2.04. The van der Waals surface area contributed by atoms with Gasteiger partial charge in [0.2, 0.25) is 0 Å². The number of aryl methyl sites for hydroxylation is 1. The zero-order valence-electron chi connectivity index (χ0n) is 11.3. The number of nitrogens with one attached hydrogen (secondary N) is 1. The molecule has 19 heavy (non-hydrogen) atoms. The maximum Gasteiger partial charge on any atom is 0.0795 e. The van der Waals surface area contributed by atoms with Crippen LogP contribution >= 0.6 is 11.3 Å². The molecule has 3 heteroatoms. The van der Waals surface area contributed by atoms with Gasteiger partial charge in [0, 0.05) is 5.38 Å². The smallest absolute Gasteiger partial charge is 0.0795 e. The average molecular weight is 272 g/mol. The number of thiazole rings is 1. The molecule has 2 atom stereocenters. The van der Waals surface area contributed by atoms with Crippen molar-refractivity contribution in [3.63, 3.8) is 0 Å². The molecule has 0 fully saturated rings. The van der Waals surface area contributed by atoms with Crippen LogP contribution in [0.1, 0.15) is 48.0 Å².